The predicted molar refractivity (Wildman–Crippen MR) is 289 cm³/mol. The van der Waals surface area contributed by atoms with E-state index >= 15 is 0 Å². The van der Waals surface area contributed by atoms with Gasteiger partial charge in [-0.2, -0.15) is 0 Å². The maximum absolute atomic E-state index is 13.9. The Morgan fingerprint density at radius 1 is 0.377 bits per heavy atom. The van der Waals surface area contributed by atoms with Crippen LogP contribution in [0.2, 0.25) is 0 Å². The number of primary amides is 1. The molecule has 8 amide bonds. The Balaban J connectivity index is 1.50. The maximum Gasteiger partial charge on any atom is 0.255 e. The molecule has 4 rings (SSSR count). The number of benzene rings is 4. The lowest BCUT2D eigenvalue weighted by Gasteiger charge is -2.21. The third kappa shape index (κ3) is 19.1. The number of aromatic hydroxyl groups is 4. The lowest BCUT2D eigenvalue weighted by Crippen LogP contribution is -2.44. The molecule has 0 aliphatic carbocycles. The number of phenolic OH excluding ortho intramolecular Hbond substituents is 3. The average molecular weight is 1070 g/mol. The Kier molecular flexibility index (Phi) is 24.5. The summed E-state index contributed by atoms with van der Waals surface area (Å²) in [4.78, 5) is 107. The van der Waals surface area contributed by atoms with Crippen molar-refractivity contribution >= 4 is 70.0 Å². The van der Waals surface area contributed by atoms with Crippen LogP contribution in [0.25, 0.3) is 0 Å². The first-order valence-corrected chi connectivity index (χ1v) is 25.1. The Morgan fingerprint density at radius 3 is 0.922 bits per heavy atom. The van der Waals surface area contributed by atoms with Crippen molar-refractivity contribution in [2.75, 3.05) is 47.4 Å². The molecule has 4 atom stereocenters. The van der Waals surface area contributed by atoms with E-state index in [0.29, 0.717) is 77.4 Å². The molecule has 0 spiro atoms. The third-order valence-electron chi connectivity index (χ3n) is 12.1. The Hall–Kier alpha value is -8.36. The zero-order chi connectivity index (χ0) is 56.6. The monoisotopic (exact) mass is 1070 g/mol. The SMILES string of the molecule is NCCCCC(NC(=O)c1cc(NC(=O)[C@H](CCCCN)NC(=O)c2cc(NC(=O)[C@H](CCCCN)NC(=O)c3cc(NC(=O)[C@@H](N)CCCCN)ccc3O)ccc2O)ccc1O)C(=O)Nc1ccc(O)c(C(N)=O)c1. The number of anilines is 4. The highest BCUT2D eigenvalue weighted by molar-refractivity contribution is 6.07. The highest BCUT2D eigenvalue weighted by Gasteiger charge is 2.28. The number of rotatable bonds is 31. The first kappa shape index (κ1) is 61.2. The van der Waals surface area contributed by atoms with E-state index in [-0.39, 0.29) is 70.8 Å². The first-order chi connectivity index (χ1) is 36.8. The van der Waals surface area contributed by atoms with E-state index in [1.54, 1.807) is 0 Å². The molecule has 0 saturated heterocycles. The number of nitrogens with one attached hydrogen (secondary N) is 7. The fourth-order valence-corrected chi connectivity index (χ4v) is 7.75. The van der Waals surface area contributed by atoms with Crippen molar-refractivity contribution < 1.29 is 58.8 Å². The number of amides is 8. The number of nitrogens with two attached hydrogens (primary N) is 6. The van der Waals surface area contributed by atoms with Crippen molar-refractivity contribution in [3.63, 3.8) is 0 Å². The second kappa shape index (κ2) is 30.9. The largest absolute Gasteiger partial charge is 0.507 e. The van der Waals surface area contributed by atoms with Crippen LogP contribution < -0.4 is 71.6 Å². The molecule has 0 aliphatic rings. The van der Waals surface area contributed by atoms with Gasteiger partial charge in [-0.1, -0.05) is 6.42 Å². The normalized spacial score (nSPS) is 12.5. The number of phenols is 4. The van der Waals surface area contributed by atoms with Gasteiger partial charge in [-0.15, -0.1) is 0 Å². The Labute approximate surface area is 444 Å². The van der Waals surface area contributed by atoms with Crippen molar-refractivity contribution in [2.24, 2.45) is 34.4 Å². The quantitative estimate of drug-likeness (QED) is 0.0251. The van der Waals surface area contributed by atoms with Crippen molar-refractivity contribution in [1.82, 2.24) is 16.0 Å². The molecule has 0 heterocycles. The highest BCUT2D eigenvalue weighted by atomic mass is 16.3. The summed E-state index contributed by atoms with van der Waals surface area (Å²) in [5, 5.41) is 60.5. The van der Waals surface area contributed by atoms with E-state index in [1.165, 1.54) is 42.5 Å². The molecule has 4 aromatic rings. The summed E-state index contributed by atoms with van der Waals surface area (Å²) in [6.07, 6.45) is 4.58. The molecule has 25 heteroatoms. The fraction of sp³-hybridized carbons (Fsp3) is 0.385. The second-order valence-electron chi connectivity index (χ2n) is 18.1. The lowest BCUT2D eigenvalue weighted by atomic mass is 10.1. The number of carbonyl (C=O) groups is 8. The van der Waals surface area contributed by atoms with Crippen LogP contribution in [0.3, 0.4) is 0 Å². The molecule has 0 radical (unpaired) electrons. The van der Waals surface area contributed by atoms with Crippen LogP contribution in [0, 0.1) is 0 Å². The zero-order valence-electron chi connectivity index (χ0n) is 42.6. The Morgan fingerprint density at radius 2 is 0.636 bits per heavy atom. The van der Waals surface area contributed by atoms with Gasteiger partial charge in [0.05, 0.1) is 28.3 Å². The Bertz CT molecular complexity index is 2720. The molecule has 25 nitrogen and oxygen atoms in total. The van der Waals surface area contributed by atoms with E-state index in [2.05, 4.69) is 37.2 Å². The standard InChI is InChI=1S/C52H71N13O12/c53-21-5-1-9-37(57)49(74)59-30-14-18-42(67)34(26-30)46(71)64-39(11-3-7-23-55)51(76)61-32-16-20-44(69)36(28-32)48(73)65-40(12-4-8-24-56)52(77)62-31-15-19-43(68)35(27-31)47(72)63-38(10-2-6-22-54)50(75)60-29-13-17-41(66)33(25-29)45(58)70/h13-20,25-28,37-40,66-69H,1-12,21-24,53-57H2,(H2,58,70)(H,59,74)(H,60,75)(H,61,76)(H,62,77)(H,63,72)(H,64,71)(H,65,73)/t37-,38?,39-,40-/m0/s1. The molecular weight excluding hydrogens is 999 g/mol. The molecule has 4 aromatic carbocycles. The smallest absolute Gasteiger partial charge is 0.255 e. The second-order valence-corrected chi connectivity index (χ2v) is 18.1. The van der Waals surface area contributed by atoms with Crippen LogP contribution >= 0.6 is 0 Å². The molecule has 23 N–H and O–H groups in total. The van der Waals surface area contributed by atoms with Gasteiger partial charge in [0, 0.05) is 22.7 Å². The molecule has 0 aromatic heterocycles. The van der Waals surface area contributed by atoms with Crippen LogP contribution in [-0.2, 0) is 19.2 Å². The summed E-state index contributed by atoms with van der Waals surface area (Å²) in [7, 11) is 0. The van der Waals surface area contributed by atoms with Crippen LogP contribution in [0.15, 0.2) is 72.8 Å². The molecule has 77 heavy (non-hydrogen) atoms. The summed E-state index contributed by atoms with van der Waals surface area (Å²) >= 11 is 0. The lowest BCUT2D eigenvalue weighted by molar-refractivity contribution is -0.118. The molecule has 0 bridgehead atoms. The number of hydrogen-bond donors (Lipinski definition) is 17. The summed E-state index contributed by atoms with van der Waals surface area (Å²) in [6.45, 7) is 1.31. The van der Waals surface area contributed by atoms with E-state index in [1.807, 2.05) is 0 Å². The van der Waals surface area contributed by atoms with Crippen LogP contribution in [-0.4, -0.2) is 118 Å². The molecular formula is C52H71N13O12. The number of carbonyl (C=O) groups excluding carboxylic acids is 8. The van der Waals surface area contributed by atoms with Gasteiger partial charge in [0.25, 0.3) is 23.6 Å². The van der Waals surface area contributed by atoms with Crippen molar-refractivity contribution in [1.29, 1.82) is 0 Å². The summed E-state index contributed by atoms with van der Waals surface area (Å²) in [5.74, 6) is -8.21. The maximum atomic E-state index is 13.9. The van der Waals surface area contributed by atoms with Crippen LogP contribution in [0.4, 0.5) is 22.7 Å². The van der Waals surface area contributed by atoms with Crippen molar-refractivity contribution in [3.8, 4) is 23.0 Å². The third-order valence-corrected chi connectivity index (χ3v) is 12.1. The topological polar surface area (TPSA) is 458 Å². The molecule has 0 saturated carbocycles. The minimum absolute atomic E-state index is 0.00743. The van der Waals surface area contributed by atoms with E-state index in [0.717, 1.165) is 30.3 Å². The zero-order valence-corrected chi connectivity index (χ0v) is 42.6. The van der Waals surface area contributed by atoms with Crippen molar-refractivity contribution in [2.45, 2.75) is 101 Å². The first-order valence-electron chi connectivity index (χ1n) is 25.1. The summed E-state index contributed by atoms with van der Waals surface area (Å²) in [5.41, 5.74) is 33.0. The molecule has 0 fully saturated rings. The molecule has 1 unspecified atom stereocenters. The van der Waals surface area contributed by atoms with Crippen molar-refractivity contribution in [3.05, 3.63) is 95.1 Å². The van der Waals surface area contributed by atoms with Gasteiger partial charge in [-0.3, -0.25) is 38.4 Å². The average Bonchev–Trinajstić information content (AvgIpc) is 3.40. The molecule has 0 aliphatic heterocycles. The summed E-state index contributed by atoms with van der Waals surface area (Å²) < 4.78 is 0. The predicted octanol–water partition coefficient (Wildman–Crippen LogP) is 1.60. The number of hydrogen-bond acceptors (Lipinski definition) is 17. The minimum atomic E-state index is -1.27. The van der Waals surface area contributed by atoms with Crippen LogP contribution in [0.5, 0.6) is 23.0 Å². The van der Waals surface area contributed by atoms with Gasteiger partial charge in [0.15, 0.2) is 0 Å². The van der Waals surface area contributed by atoms with Crippen LogP contribution in [0.1, 0.15) is 118 Å². The van der Waals surface area contributed by atoms with Gasteiger partial charge in [-0.25, -0.2) is 0 Å². The van der Waals surface area contributed by atoms with E-state index in [9.17, 15) is 58.8 Å². The van der Waals surface area contributed by atoms with Gasteiger partial charge in [-0.05, 0) is 170 Å². The summed E-state index contributed by atoms with van der Waals surface area (Å²) in [6, 6.07) is 10.1. The van der Waals surface area contributed by atoms with Gasteiger partial charge < -0.3 is 92.0 Å². The fourth-order valence-electron chi connectivity index (χ4n) is 7.75. The van der Waals surface area contributed by atoms with E-state index < -0.39 is 94.4 Å². The highest BCUT2D eigenvalue weighted by Crippen LogP contribution is 2.27. The van der Waals surface area contributed by atoms with Gasteiger partial charge in [0.2, 0.25) is 23.6 Å². The molecule has 416 valence electrons. The van der Waals surface area contributed by atoms with E-state index in [4.69, 9.17) is 34.4 Å². The van der Waals surface area contributed by atoms with Gasteiger partial charge >= 0.3 is 0 Å². The van der Waals surface area contributed by atoms with Gasteiger partial charge in [0.1, 0.15) is 41.1 Å². The minimum Gasteiger partial charge on any atom is -0.507 e. The number of unbranched alkanes of at least 4 members (excludes halogenated alkanes) is 4.